The van der Waals surface area contributed by atoms with Gasteiger partial charge in [0.1, 0.15) is 12.4 Å². The van der Waals surface area contributed by atoms with E-state index in [1.165, 1.54) is 34.6 Å². The van der Waals surface area contributed by atoms with Crippen LogP contribution in [-0.4, -0.2) is 52.9 Å². The Balaban J connectivity index is 1.72. The molecule has 8 nitrogen and oxygen atoms in total. The number of piperidine rings is 1. The lowest BCUT2D eigenvalue weighted by atomic mass is 10.2. The second kappa shape index (κ2) is 9.74. The second-order valence-electron chi connectivity index (χ2n) is 7.41. The van der Waals surface area contributed by atoms with Gasteiger partial charge in [-0.2, -0.15) is 4.31 Å². The van der Waals surface area contributed by atoms with Crippen LogP contribution in [0.2, 0.25) is 5.02 Å². The summed E-state index contributed by atoms with van der Waals surface area (Å²) in [4.78, 5) is 12.6. The van der Waals surface area contributed by atoms with Crippen molar-refractivity contribution in [3.05, 3.63) is 53.3 Å². The molecular formula is C20H23ClFN3O5S2. The highest BCUT2D eigenvalue weighted by Gasteiger charge is 2.26. The maximum atomic E-state index is 13.4. The van der Waals surface area contributed by atoms with E-state index in [1.54, 1.807) is 0 Å². The number of hydrogen-bond donors (Lipinski definition) is 1. The van der Waals surface area contributed by atoms with Gasteiger partial charge in [-0.15, -0.1) is 0 Å². The fourth-order valence-corrected chi connectivity index (χ4v) is 5.88. The maximum Gasteiger partial charge on any atom is 0.245 e. The molecule has 1 aliphatic heterocycles. The van der Waals surface area contributed by atoms with Crippen molar-refractivity contribution in [2.75, 3.05) is 35.5 Å². The fourth-order valence-electron chi connectivity index (χ4n) is 3.34. The zero-order valence-electron chi connectivity index (χ0n) is 17.3. The SMILES string of the molecule is CS(=O)(=O)N(CC(=O)Nc1ccc(S(=O)(=O)N2CCCCC2)cc1)c1ccc(F)c(Cl)c1. The number of benzene rings is 2. The van der Waals surface area contributed by atoms with Crippen LogP contribution in [0.1, 0.15) is 19.3 Å². The zero-order chi connectivity index (χ0) is 23.5. The molecule has 0 radical (unpaired) electrons. The van der Waals surface area contributed by atoms with Crippen LogP contribution in [-0.2, 0) is 24.8 Å². The van der Waals surface area contributed by atoms with E-state index in [2.05, 4.69) is 5.32 Å². The molecule has 0 spiro atoms. The first-order valence-corrected chi connectivity index (χ1v) is 13.5. The molecule has 1 N–H and O–H groups in total. The summed E-state index contributed by atoms with van der Waals surface area (Å²) in [5.74, 6) is -1.38. The first-order chi connectivity index (χ1) is 15.0. The van der Waals surface area contributed by atoms with Crippen molar-refractivity contribution in [2.24, 2.45) is 0 Å². The van der Waals surface area contributed by atoms with Gasteiger partial charge in [-0.3, -0.25) is 9.10 Å². The Hall–Kier alpha value is -2.21. The van der Waals surface area contributed by atoms with Crippen molar-refractivity contribution < 1.29 is 26.0 Å². The predicted octanol–water partition coefficient (Wildman–Crippen LogP) is 3.06. The van der Waals surface area contributed by atoms with Gasteiger partial charge in [-0.1, -0.05) is 18.0 Å². The third kappa shape index (κ3) is 5.77. The molecule has 2 aromatic rings. The Morgan fingerprint density at radius 2 is 1.69 bits per heavy atom. The average molecular weight is 504 g/mol. The molecule has 174 valence electrons. The minimum Gasteiger partial charge on any atom is -0.325 e. The van der Waals surface area contributed by atoms with Crippen LogP contribution in [0, 0.1) is 5.82 Å². The van der Waals surface area contributed by atoms with Crippen LogP contribution in [0.3, 0.4) is 0 Å². The topological polar surface area (TPSA) is 104 Å². The average Bonchev–Trinajstić information content (AvgIpc) is 2.74. The number of carbonyl (C=O) groups excluding carboxylic acids is 1. The van der Waals surface area contributed by atoms with Gasteiger partial charge in [0, 0.05) is 18.8 Å². The Labute approximate surface area is 192 Å². The first-order valence-electron chi connectivity index (χ1n) is 9.81. The maximum absolute atomic E-state index is 13.4. The standard InChI is InChI=1S/C20H23ClFN3O5S2/c1-31(27,28)25(16-7-10-19(22)18(21)13-16)14-20(26)23-15-5-8-17(9-6-15)32(29,30)24-11-3-2-4-12-24/h5-10,13H,2-4,11-12,14H2,1H3,(H,23,26). The Kier molecular flexibility index (Phi) is 7.43. The van der Waals surface area contributed by atoms with Crippen molar-refractivity contribution in [2.45, 2.75) is 24.2 Å². The van der Waals surface area contributed by atoms with Gasteiger partial charge >= 0.3 is 0 Å². The lowest BCUT2D eigenvalue weighted by Crippen LogP contribution is -2.37. The highest BCUT2D eigenvalue weighted by atomic mass is 35.5. The van der Waals surface area contributed by atoms with Crippen LogP contribution < -0.4 is 9.62 Å². The van der Waals surface area contributed by atoms with E-state index >= 15 is 0 Å². The number of anilines is 2. The summed E-state index contributed by atoms with van der Waals surface area (Å²) in [5.41, 5.74) is 0.343. The van der Waals surface area contributed by atoms with Crippen molar-refractivity contribution in [3.8, 4) is 0 Å². The summed E-state index contributed by atoms with van der Waals surface area (Å²) in [7, 11) is -7.47. The third-order valence-electron chi connectivity index (χ3n) is 4.97. The molecular weight excluding hydrogens is 481 g/mol. The molecule has 3 rings (SSSR count). The monoisotopic (exact) mass is 503 g/mol. The lowest BCUT2D eigenvalue weighted by Gasteiger charge is -2.26. The fraction of sp³-hybridized carbons (Fsp3) is 0.350. The van der Waals surface area contributed by atoms with E-state index in [0.717, 1.165) is 42.0 Å². The van der Waals surface area contributed by atoms with E-state index in [0.29, 0.717) is 18.8 Å². The van der Waals surface area contributed by atoms with E-state index < -0.39 is 38.3 Å². The minimum atomic E-state index is -3.87. The summed E-state index contributed by atoms with van der Waals surface area (Å²) >= 11 is 5.73. The first kappa shape index (κ1) is 24.4. The lowest BCUT2D eigenvalue weighted by molar-refractivity contribution is -0.114. The smallest absolute Gasteiger partial charge is 0.245 e. The number of amides is 1. The van der Waals surface area contributed by atoms with Crippen LogP contribution in [0.25, 0.3) is 0 Å². The van der Waals surface area contributed by atoms with Gasteiger partial charge in [0.2, 0.25) is 26.0 Å². The molecule has 1 fully saturated rings. The molecule has 12 heteroatoms. The normalized spacial score (nSPS) is 15.3. The van der Waals surface area contributed by atoms with Crippen molar-refractivity contribution in [1.82, 2.24) is 4.31 Å². The molecule has 32 heavy (non-hydrogen) atoms. The minimum absolute atomic E-state index is 0.0389. The number of nitrogens with one attached hydrogen (secondary N) is 1. The summed E-state index contributed by atoms with van der Waals surface area (Å²) in [6.45, 7) is 0.389. The molecule has 0 aliphatic carbocycles. The molecule has 0 aromatic heterocycles. The molecule has 1 saturated heterocycles. The summed E-state index contributed by atoms with van der Waals surface area (Å²) in [5, 5.41) is 2.26. The predicted molar refractivity (Wildman–Crippen MR) is 121 cm³/mol. The molecule has 0 bridgehead atoms. The van der Waals surface area contributed by atoms with Crippen molar-refractivity contribution in [3.63, 3.8) is 0 Å². The molecule has 0 saturated carbocycles. The van der Waals surface area contributed by atoms with Gasteiger partial charge in [0.15, 0.2) is 0 Å². The van der Waals surface area contributed by atoms with E-state index in [4.69, 9.17) is 11.6 Å². The molecule has 1 amide bonds. The largest absolute Gasteiger partial charge is 0.325 e. The van der Waals surface area contributed by atoms with Gasteiger partial charge in [0.25, 0.3) is 0 Å². The number of nitrogens with zero attached hydrogens (tertiary/aromatic N) is 2. The van der Waals surface area contributed by atoms with Crippen LogP contribution >= 0.6 is 11.6 Å². The second-order valence-corrected chi connectivity index (χ2v) is 11.7. The van der Waals surface area contributed by atoms with E-state index in [1.807, 2.05) is 0 Å². The molecule has 1 heterocycles. The van der Waals surface area contributed by atoms with Crippen LogP contribution in [0.4, 0.5) is 15.8 Å². The van der Waals surface area contributed by atoms with Crippen molar-refractivity contribution in [1.29, 1.82) is 0 Å². The van der Waals surface area contributed by atoms with E-state index in [9.17, 15) is 26.0 Å². The zero-order valence-corrected chi connectivity index (χ0v) is 19.7. The number of sulfonamides is 2. The number of halogens is 2. The third-order valence-corrected chi connectivity index (χ3v) is 8.31. The summed E-state index contributed by atoms with van der Waals surface area (Å²) < 4.78 is 65.4. The Morgan fingerprint density at radius 1 is 1.06 bits per heavy atom. The van der Waals surface area contributed by atoms with Crippen LogP contribution in [0.15, 0.2) is 47.4 Å². The van der Waals surface area contributed by atoms with Gasteiger partial charge in [-0.05, 0) is 55.3 Å². The quantitative estimate of drug-likeness (QED) is 0.625. The van der Waals surface area contributed by atoms with Gasteiger partial charge in [-0.25, -0.2) is 21.2 Å². The van der Waals surface area contributed by atoms with Crippen LogP contribution in [0.5, 0.6) is 0 Å². The molecule has 2 aromatic carbocycles. The van der Waals surface area contributed by atoms with E-state index in [-0.39, 0.29) is 15.6 Å². The number of rotatable bonds is 7. The van der Waals surface area contributed by atoms with Gasteiger partial charge in [0.05, 0.1) is 21.9 Å². The summed E-state index contributed by atoms with van der Waals surface area (Å²) in [6.07, 6.45) is 3.57. The molecule has 0 atom stereocenters. The van der Waals surface area contributed by atoms with Crippen molar-refractivity contribution >= 4 is 48.9 Å². The Morgan fingerprint density at radius 3 is 2.25 bits per heavy atom. The summed E-state index contributed by atoms with van der Waals surface area (Å²) in [6, 6.07) is 9.00. The molecule has 1 aliphatic rings. The number of carbonyl (C=O) groups is 1. The molecule has 0 unspecified atom stereocenters. The highest BCUT2D eigenvalue weighted by molar-refractivity contribution is 7.92. The van der Waals surface area contributed by atoms with Gasteiger partial charge < -0.3 is 5.32 Å². The highest BCUT2D eigenvalue weighted by Crippen LogP contribution is 2.25. The number of hydrogen-bond acceptors (Lipinski definition) is 5. The Bertz CT molecular complexity index is 1200.